The van der Waals surface area contributed by atoms with E-state index >= 15 is 0 Å². The maximum Gasteiger partial charge on any atom is 0.331 e. The van der Waals surface area contributed by atoms with Crippen LogP contribution in [-0.2, 0) is 9.53 Å². The van der Waals surface area contributed by atoms with Gasteiger partial charge in [-0.05, 0) is 67.8 Å². The van der Waals surface area contributed by atoms with Gasteiger partial charge in [-0.1, -0.05) is 6.07 Å². The highest BCUT2D eigenvalue weighted by Gasteiger charge is 2.13. The van der Waals surface area contributed by atoms with E-state index in [9.17, 15) is 9.59 Å². The van der Waals surface area contributed by atoms with E-state index in [4.69, 9.17) is 14.2 Å². The van der Waals surface area contributed by atoms with Crippen molar-refractivity contribution < 1.29 is 23.8 Å². The van der Waals surface area contributed by atoms with Crippen LogP contribution in [0.1, 0.15) is 32.6 Å². The van der Waals surface area contributed by atoms with Crippen molar-refractivity contribution in [3.05, 3.63) is 64.2 Å². The molecule has 0 bridgehead atoms. The number of hydrogen-bond donors (Lipinski definition) is 0. The van der Waals surface area contributed by atoms with Gasteiger partial charge in [0.2, 0.25) is 5.78 Å². The average Bonchev–Trinajstić information content (AvgIpc) is 2.66. The molecule has 0 spiro atoms. The van der Waals surface area contributed by atoms with Gasteiger partial charge in [0.05, 0.1) is 14.2 Å². The van der Waals surface area contributed by atoms with Gasteiger partial charge in [-0.3, -0.25) is 4.79 Å². The van der Waals surface area contributed by atoms with Gasteiger partial charge in [0.15, 0.2) is 6.61 Å². The van der Waals surface area contributed by atoms with E-state index in [2.05, 4.69) is 0 Å². The van der Waals surface area contributed by atoms with Crippen molar-refractivity contribution in [2.75, 3.05) is 20.8 Å². The number of carbonyl (C=O) groups is 2. The molecule has 5 nitrogen and oxygen atoms in total. The van der Waals surface area contributed by atoms with Gasteiger partial charge in [0.25, 0.3) is 0 Å². The zero-order chi connectivity index (χ0) is 20.0. The van der Waals surface area contributed by atoms with Crippen molar-refractivity contribution in [3.8, 4) is 11.5 Å². The fraction of sp³-hybridized carbons (Fsp3) is 0.273. The second-order valence-electron chi connectivity index (χ2n) is 6.22. The van der Waals surface area contributed by atoms with Crippen LogP contribution in [0.5, 0.6) is 11.5 Å². The van der Waals surface area contributed by atoms with Crippen LogP contribution in [0.15, 0.2) is 36.4 Å². The molecule has 0 fully saturated rings. The number of carbonyl (C=O) groups excluding carboxylic acids is 2. The molecule has 0 amide bonds. The molecule has 2 aromatic carbocycles. The predicted octanol–water partition coefficient (Wildman–Crippen LogP) is 4.07. The van der Waals surface area contributed by atoms with Crippen LogP contribution >= 0.6 is 0 Å². The molecule has 0 aromatic heterocycles. The van der Waals surface area contributed by atoms with Gasteiger partial charge < -0.3 is 14.2 Å². The van der Waals surface area contributed by atoms with E-state index < -0.39 is 5.97 Å². The lowest BCUT2D eigenvalue weighted by Crippen LogP contribution is -2.14. The fourth-order valence-electron chi connectivity index (χ4n) is 2.65. The number of ketones is 1. The van der Waals surface area contributed by atoms with Crippen molar-refractivity contribution in [2.45, 2.75) is 20.8 Å². The monoisotopic (exact) mass is 368 g/mol. The number of benzene rings is 2. The summed E-state index contributed by atoms with van der Waals surface area (Å²) < 4.78 is 15.5. The molecule has 0 radical (unpaired) electrons. The van der Waals surface area contributed by atoms with Crippen molar-refractivity contribution in [1.29, 1.82) is 0 Å². The standard InChI is InChI=1S/C22H24O5/c1-14-10-16(3)19(11-15(14)2)20(23)13-27-22(24)9-6-17-12-18(25-4)7-8-21(17)26-5/h6-12H,13H2,1-5H3/b9-6+. The summed E-state index contributed by atoms with van der Waals surface area (Å²) in [5.74, 6) is 0.414. The summed E-state index contributed by atoms with van der Waals surface area (Å²) in [6.07, 6.45) is 2.83. The number of aryl methyl sites for hydroxylation is 3. The topological polar surface area (TPSA) is 61.8 Å². The summed E-state index contributed by atoms with van der Waals surface area (Å²) in [6.45, 7) is 5.51. The third-order valence-electron chi connectivity index (χ3n) is 4.32. The quantitative estimate of drug-likeness (QED) is 0.419. The van der Waals surface area contributed by atoms with Gasteiger partial charge in [-0.2, -0.15) is 0 Å². The SMILES string of the molecule is COc1ccc(OC)c(/C=C/C(=O)OCC(=O)c2cc(C)c(C)cc2C)c1. The lowest BCUT2D eigenvalue weighted by molar-refractivity contribution is -0.136. The van der Waals surface area contributed by atoms with Crippen molar-refractivity contribution in [2.24, 2.45) is 0 Å². The smallest absolute Gasteiger partial charge is 0.331 e. The summed E-state index contributed by atoms with van der Waals surface area (Å²) in [5, 5.41) is 0. The molecule has 27 heavy (non-hydrogen) atoms. The molecule has 0 saturated heterocycles. The lowest BCUT2D eigenvalue weighted by Gasteiger charge is -2.09. The van der Waals surface area contributed by atoms with Gasteiger partial charge in [-0.15, -0.1) is 0 Å². The highest BCUT2D eigenvalue weighted by atomic mass is 16.5. The summed E-state index contributed by atoms with van der Waals surface area (Å²) >= 11 is 0. The lowest BCUT2D eigenvalue weighted by atomic mass is 9.98. The average molecular weight is 368 g/mol. The molecule has 142 valence electrons. The summed E-state index contributed by atoms with van der Waals surface area (Å²) in [5.41, 5.74) is 4.27. The first-order valence-corrected chi connectivity index (χ1v) is 8.53. The normalized spacial score (nSPS) is 10.7. The van der Waals surface area contributed by atoms with Crippen molar-refractivity contribution in [1.82, 2.24) is 0 Å². The highest BCUT2D eigenvalue weighted by molar-refractivity contribution is 6.00. The summed E-state index contributed by atoms with van der Waals surface area (Å²) in [4.78, 5) is 24.3. The summed E-state index contributed by atoms with van der Waals surface area (Å²) in [6, 6.07) is 9.04. The minimum absolute atomic E-state index is 0.226. The first-order valence-electron chi connectivity index (χ1n) is 8.53. The number of rotatable bonds is 7. The fourth-order valence-corrected chi connectivity index (χ4v) is 2.65. The third kappa shape index (κ3) is 5.20. The molecule has 0 unspecified atom stereocenters. The van der Waals surface area contributed by atoms with E-state index in [0.717, 1.165) is 16.7 Å². The zero-order valence-corrected chi connectivity index (χ0v) is 16.3. The highest BCUT2D eigenvalue weighted by Crippen LogP contribution is 2.25. The molecule has 0 atom stereocenters. The molecule has 2 aromatic rings. The molecule has 2 rings (SSSR count). The first kappa shape index (κ1) is 20.2. The van der Waals surface area contributed by atoms with Crippen LogP contribution in [0.3, 0.4) is 0 Å². The Labute approximate surface area is 159 Å². The molecule has 0 heterocycles. The van der Waals surface area contributed by atoms with Crippen molar-refractivity contribution in [3.63, 3.8) is 0 Å². The van der Waals surface area contributed by atoms with Crippen molar-refractivity contribution >= 4 is 17.8 Å². The maximum atomic E-state index is 12.4. The van der Waals surface area contributed by atoms with Crippen LogP contribution in [0.25, 0.3) is 6.08 Å². The van der Waals surface area contributed by atoms with E-state index in [0.29, 0.717) is 22.6 Å². The number of hydrogen-bond acceptors (Lipinski definition) is 5. The van der Waals surface area contributed by atoms with E-state index in [1.54, 1.807) is 38.5 Å². The van der Waals surface area contributed by atoms with Crippen LogP contribution in [0.4, 0.5) is 0 Å². The Morgan fingerprint density at radius 3 is 2.30 bits per heavy atom. The molecular formula is C22H24O5. The Balaban J connectivity index is 2.03. The maximum absolute atomic E-state index is 12.4. The number of esters is 1. The third-order valence-corrected chi connectivity index (χ3v) is 4.32. The molecule has 0 aliphatic rings. The molecule has 0 aliphatic carbocycles. The largest absolute Gasteiger partial charge is 0.497 e. The van der Waals surface area contributed by atoms with E-state index in [-0.39, 0.29) is 12.4 Å². The van der Waals surface area contributed by atoms with E-state index in [1.165, 1.54) is 6.08 Å². The van der Waals surface area contributed by atoms with Gasteiger partial charge in [-0.25, -0.2) is 4.79 Å². The second-order valence-corrected chi connectivity index (χ2v) is 6.22. The number of Topliss-reactive ketones (excluding diaryl/α,β-unsaturated/α-hetero) is 1. The Morgan fingerprint density at radius 2 is 1.63 bits per heavy atom. The molecule has 5 heteroatoms. The minimum Gasteiger partial charge on any atom is -0.497 e. The van der Waals surface area contributed by atoms with Crippen LogP contribution in [-0.4, -0.2) is 32.6 Å². The Bertz CT molecular complexity index is 881. The van der Waals surface area contributed by atoms with E-state index in [1.807, 2.05) is 32.9 Å². The minimum atomic E-state index is -0.602. The predicted molar refractivity (Wildman–Crippen MR) is 105 cm³/mol. The summed E-state index contributed by atoms with van der Waals surface area (Å²) in [7, 11) is 3.10. The second kappa shape index (κ2) is 9.03. The first-order chi connectivity index (χ1) is 12.8. The molecule has 0 saturated carbocycles. The zero-order valence-electron chi connectivity index (χ0n) is 16.3. The Morgan fingerprint density at radius 1 is 0.926 bits per heavy atom. The van der Waals surface area contributed by atoms with Crippen LogP contribution < -0.4 is 9.47 Å². The van der Waals surface area contributed by atoms with Gasteiger partial charge in [0.1, 0.15) is 11.5 Å². The van der Waals surface area contributed by atoms with Crippen LogP contribution in [0.2, 0.25) is 0 Å². The Kier molecular flexibility index (Phi) is 6.77. The van der Waals surface area contributed by atoms with Gasteiger partial charge in [0, 0.05) is 17.2 Å². The Hall–Kier alpha value is -3.08. The van der Waals surface area contributed by atoms with Gasteiger partial charge >= 0.3 is 5.97 Å². The molecule has 0 aliphatic heterocycles. The molecule has 0 N–H and O–H groups in total. The van der Waals surface area contributed by atoms with Crippen LogP contribution in [0, 0.1) is 20.8 Å². The number of ether oxygens (including phenoxy) is 3. The number of methoxy groups -OCH3 is 2. The molecular weight excluding hydrogens is 344 g/mol.